The minimum Gasteiger partial charge on any atom is -0.486 e. The zero-order valence-electron chi connectivity index (χ0n) is 19.9. The summed E-state index contributed by atoms with van der Waals surface area (Å²) in [4.78, 5) is 0. The highest BCUT2D eigenvalue weighted by atomic mass is 19.2. The third-order valence-corrected chi connectivity index (χ3v) is 7.00. The van der Waals surface area contributed by atoms with Crippen LogP contribution >= 0.6 is 0 Å². The predicted octanol–water partition coefficient (Wildman–Crippen LogP) is 8.55. The van der Waals surface area contributed by atoms with Gasteiger partial charge in [0.15, 0.2) is 23.2 Å². The van der Waals surface area contributed by atoms with E-state index in [2.05, 4.69) is 13.5 Å². The van der Waals surface area contributed by atoms with Crippen molar-refractivity contribution in [3.63, 3.8) is 0 Å². The van der Waals surface area contributed by atoms with E-state index in [1.54, 1.807) is 36.4 Å². The van der Waals surface area contributed by atoms with Gasteiger partial charge in [-0.05, 0) is 65.8 Å². The van der Waals surface area contributed by atoms with Crippen molar-refractivity contribution >= 4 is 0 Å². The minimum absolute atomic E-state index is 0.0740. The smallest absolute Gasteiger partial charge is 0.200 e. The molecule has 1 aliphatic rings. The van der Waals surface area contributed by atoms with Gasteiger partial charge in [-0.2, -0.15) is 4.39 Å². The van der Waals surface area contributed by atoms with E-state index in [1.165, 1.54) is 18.2 Å². The van der Waals surface area contributed by atoms with Gasteiger partial charge in [-0.3, -0.25) is 0 Å². The fraction of sp³-hybridized carbons (Fsp3) is 0.333. The second-order valence-electron chi connectivity index (χ2n) is 9.43. The highest BCUT2D eigenvalue weighted by Crippen LogP contribution is 2.38. The molecule has 0 heterocycles. The molecule has 5 heteroatoms. The molecule has 0 aliphatic heterocycles. The van der Waals surface area contributed by atoms with E-state index in [0.717, 1.165) is 31.2 Å². The average molecular weight is 483 g/mol. The molecule has 3 aromatic rings. The van der Waals surface area contributed by atoms with E-state index >= 15 is 0 Å². The summed E-state index contributed by atoms with van der Waals surface area (Å²) in [5.41, 5.74) is 2.41. The van der Waals surface area contributed by atoms with E-state index in [-0.39, 0.29) is 29.4 Å². The van der Waals surface area contributed by atoms with Crippen molar-refractivity contribution in [3.8, 4) is 16.9 Å². The molecule has 3 aromatic carbocycles. The van der Waals surface area contributed by atoms with Gasteiger partial charge < -0.3 is 4.74 Å². The number of rotatable bonds is 8. The summed E-state index contributed by atoms with van der Waals surface area (Å²) in [6.45, 7) is 5.78. The summed E-state index contributed by atoms with van der Waals surface area (Å²) < 4.78 is 63.6. The van der Waals surface area contributed by atoms with Gasteiger partial charge in [0.1, 0.15) is 6.61 Å². The predicted molar refractivity (Wildman–Crippen MR) is 132 cm³/mol. The standard InChI is InChI=1S/C30H30F4O/c1-3-18-35-26-17-14-23(27(31)30(26)34)13-8-20-6-11-22(12-7-20)25-16-15-24(28(32)29(25)33)21-9-4-19(2)5-10-21/h3,6-7,11-12,14-17,19,21H,1,4-5,8-10,13,18H2,2H3. The van der Waals surface area contributed by atoms with Crippen molar-refractivity contribution in [2.75, 3.05) is 6.61 Å². The van der Waals surface area contributed by atoms with Crippen LogP contribution in [0.3, 0.4) is 0 Å². The molecule has 35 heavy (non-hydrogen) atoms. The lowest BCUT2D eigenvalue weighted by Gasteiger charge is -2.27. The first-order valence-electron chi connectivity index (χ1n) is 12.2. The summed E-state index contributed by atoms with van der Waals surface area (Å²) in [6, 6.07) is 13.4. The summed E-state index contributed by atoms with van der Waals surface area (Å²) in [5.74, 6) is -2.92. The number of hydrogen-bond donors (Lipinski definition) is 0. The molecule has 0 radical (unpaired) electrons. The Kier molecular flexibility index (Phi) is 7.94. The number of aryl methyl sites for hydroxylation is 2. The third kappa shape index (κ3) is 5.61. The van der Waals surface area contributed by atoms with Crippen LogP contribution in [0, 0.1) is 29.2 Å². The summed E-state index contributed by atoms with van der Waals surface area (Å²) in [5, 5.41) is 0. The van der Waals surface area contributed by atoms with Crippen molar-refractivity contribution in [1.82, 2.24) is 0 Å². The van der Waals surface area contributed by atoms with E-state index < -0.39 is 23.3 Å². The Morgan fingerprint density at radius 1 is 0.800 bits per heavy atom. The lowest BCUT2D eigenvalue weighted by Crippen LogP contribution is -2.13. The van der Waals surface area contributed by atoms with Gasteiger partial charge in [0.05, 0.1) is 0 Å². The molecule has 4 rings (SSSR count). The molecule has 0 amide bonds. The molecule has 1 nitrogen and oxygen atoms in total. The average Bonchev–Trinajstić information content (AvgIpc) is 2.87. The quantitative estimate of drug-likeness (QED) is 0.231. The first-order valence-corrected chi connectivity index (χ1v) is 12.2. The fourth-order valence-electron chi connectivity index (χ4n) is 4.83. The molecular weight excluding hydrogens is 452 g/mol. The van der Waals surface area contributed by atoms with Crippen LogP contribution in [0.2, 0.25) is 0 Å². The molecule has 0 atom stereocenters. The number of ether oxygens (including phenoxy) is 1. The minimum atomic E-state index is -1.01. The summed E-state index contributed by atoms with van der Waals surface area (Å²) >= 11 is 0. The second-order valence-corrected chi connectivity index (χ2v) is 9.43. The van der Waals surface area contributed by atoms with Crippen LogP contribution in [0.1, 0.15) is 55.2 Å². The molecule has 1 aliphatic carbocycles. The van der Waals surface area contributed by atoms with Gasteiger partial charge >= 0.3 is 0 Å². The van der Waals surface area contributed by atoms with Gasteiger partial charge in [-0.25, -0.2) is 13.2 Å². The lowest BCUT2D eigenvalue weighted by molar-refractivity contribution is 0.331. The molecule has 0 saturated heterocycles. The third-order valence-electron chi connectivity index (χ3n) is 7.00. The zero-order chi connectivity index (χ0) is 24.9. The van der Waals surface area contributed by atoms with Gasteiger partial charge in [0.25, 0.3) is 0 Å². The zero-order valence-corrected chi connectivity index (χ0v) is 19.9. The Bertz CT molecular complexity index is 1180. The van der Waals surface area contributed by atoms with Gasteiger partial charge in [-0.1, -0.05) is 74.9 Å². The van der Waals surface area contributed by atoms with E-state index in [1.807, 2.05) is 0 Å². The van der Waals surface area contributed by atoms with Crippen molar-refractivity contribution < 1.29 is 22.3 Å². The maximum Gasteiger partial charge on any atom is 0.200 e. The Morgan fingerprint density at radius 3 is 2.20 bits per heavy atom. The topological polar surface area (TPSA) is 9.23 Å². The van der Waals surface area contributed by atoms with Gasteiger partial charge in [-0.15, -0.1) is 0 Å². The SMILES string of the molecule is C=CCOc1ccc(CCc2ccc(-c3ccc(C4CCC(C)CC4)c(F)c3F)cc2)c(F)c1F. The summed E-state index contributed by atoms with van der Waals surface area (Å²) in [6.07, 6.45) is 6.08. The van der Waals surface area contributed by atoms with Gasteiger partial charge in [0.2, 0.25) is 5.82 Å². The number of hydrogen-bond acceptors (Lipinski definition) is 1. The number of halogens is 4. The van der Waals surface area contributed by atoms with E-state index in [9.17, 15) is 17.6 Å². The highest BCUT2D eigenvalue weighted by Gasteiger charge is 2.25. The van der Waals surface area contributed by atoms with Crippen molar-refractivity contribution in [1.29, 1.82) is 0 Å². The van der Waals surface area contributed by atoms with Crippen molar-refractivity contribution in [2.24, 2.45) is 5.92 Å². The normalized spacial score (nSPS) is 17.9. The largest absolute Gasteiger partial charge is 0.486 e. The molecule has 1 saturated carbocycles. The van der Waals surface area contributed by atoms with Crippen LogP contribution in [0.5, 0.6) is 5.75 Å². The fourth-order valence-corrected chi connectivity index (χ4v) is 4.83. The molecule has 1 fully saturated rings. The first-order chi connectivity index (χ1) is 16.9. The van der Waals surface area contributed by atoms with E-state index in [0.29, 0.717) is 29.9 Å². The van der Waals surface area contributed by atoms with Crippen LogP contribution in [-0.4, -0.2) is 6.61 Å². The van der Waals surface area contributed by atoms with Crippen LogP contribution < -0.4 is 4.74 Å². The van der Waals surface area contributed by atoms with Crippen molar-refractivity contribution in [2.45, 2.75) is 51.4 Å². The Hall–Kier alpha value is -3.08. The second kappa shape index (κ2) is 11.1. The highest BCUT2D eigenvalue weighted by molar-refractivity contribution is 5.65. The van der Waals surface area contributed by atoms with Crippen LogP contribution in [-0.2, 0) is 12.8 Å². The lowest BCUT2D eigenvalue weighted by atomic mass is 9.79. The molecule has 0 N–H and O–H groups in total. The Balaban J connectivity index is 1.44. The summed E-state index contributed by atoms with van der Waals surface area (Å²) in [7, 11) is 0. The van der Waals surface area contributed by atoms with Crippen LogP contribution in [0.25, 0.3) is 11.1 Å². The Labute approximate surface area is 204 Å². The maximum atomic E-state index is 15.0. The molecule has 184 valence electrons. The van der Waals surface area contributed by atoms with Crippen molar-refractivity contribution in [3.05, 3.63) is 101 Å². The van der Waals surface area contributed by atoms with E-state index in [4.69, 9.17) is 4.74 Å². The molecular formula is C30H30F4O. The maximum absolute atomic E-state index is 15.0. The molecule has 0 bridgehead atoms. The van der Waals surface area contributed by atoms with Crippen LogP contribution in [0.4, 0.5) is 17.6 Å². The monoisotopic (exact) mass is 482 g/mol. The first kappa shape index (κ1) is 25.0. The molecule has 0 spiro atoms. The van der Waals surface area contributed by atoms with Crippen LogP contribution in [0.15, 0.2) is 61.2 Å². The Morgan fingerprint density at radius 2 is 1.51 bits per heavy atom. The molecule has 0 unspecified atom stereocenters. The van der Waals surface area contributed by atoms with Gasteiger partial charge in [0, 0.05) is 5.56 Å². The molecule has 0 aromatic heterocycles. The number of benzene rings is 3.